The number of hydrogen-bond donors (Lipinski definition) is 0. The summed E-state index contributed by atoms with van der Waals surface area (Å²) in [5.74, 6) is 5.51. The third kappa shape index (κ3) is 4.47. The van der Waals surface area contributed by atoms with Gasteiger partial charge < -0.3 is 4.74 Å². The summed E-state index contributed by atoms with van der Waals surface area (Å²) in [6, 6.07) is 0. The lowest BCUT2D eigenvalue weighted by atomic mass is 9.71. The Hall–Kier alpha value is -0.0400. The highest BCUT2D eigenvalue weighted by atomic mass is 16.5. The molecule has 0 bridgehead atoms. The highest BCUT2D eigenvalue weighted by Gasteiger charge is 2.31. The second-order valence-corrected chi connectivity index (χ2v) is 8.11. The SMILES string of the molecule is C[C]1CCC(OC2CCC([C]3CCC(C)CC3)CC2)CC1. The lowest BCUT2D eigenvalue weighted by Gasteiger charge is -2.38. The van der Waals surface area contributed by atoms with E-state index in [0.29, 0.717) is 12.2 Å². The Kier molecular flexibility index (Phi) is 5.65. The first-order valence-electron chi connectivity index (χ1n) is 9.52. The summed E-state index contributed by atoms with van der Waals surface area (Å²) in [7, 11) is 0. The van der Waals surface area contributed by atoms with Crippen LogP contribution in [-0.2, 0) is 4.74 Å². The molecule has 0 aromatic carbocycles. The second-order valence-electron chi connectivity index (χ2n) is 8.11. The Labute approximate surface area is 132 Å². The second kappa shape index (κ2) is 7.49. The molecule has 0 amide bonds. The van der Waals surface area contributed by atoms with Gasteiger partial charge in [-0.1, -0.05) is 26.7 Å². The van der Waals surface area contributed by atoms with Crippen LogP contribution in [0, 0.1) is 23.7 Å². The van der Waals surface area contributed by atoms with Crippen LogP contribution >= 0.6 is 0 Å². The van der Waals surface area contributed by atoms with Gasteiger partial charge in [-0.2, -0.15) is 0 Å². The predicted molar refractivity (Wildman–Crippen MR) is 88.9 cm³/mol. The van der Waals surface area contributed by atoms with Gasteiger partial charge in [0.25, 0.3) is 0 Å². The van der Waals surface area contributed by atoms with Gasteiger partial charge in [0, 0.05) is 0 Å². The van der Waals surface area contributed by atoms with Crippen LogP contribution in [0.4, 0.5) is 0 Å². The third-order valence-electron chi connectivity index (χ3n) is 6.34. The maximum atomic E-state index is 6.41. The fraction of sp³-hybridized carbons (Fsp3) is 0.900. The van der Waals surface area contributed by atoms with Crippen molar-refractivity contribution in [1.82, 2.24) is 0 Å². The summed E-state index contributed by atoms with van der Waals surface area (Å²) in [6.45, 7) is 4.73. The molecule has 2 radical (unpaired) electrons. The molecule has 0 aromatic heterocycles. The average Bonchev–Trinajstić information content (AvgIpc) is 2.51. The molecule has 3 aliphatic rings. The first-order chi connectivity index (χ1) is 10.2. The molecule has 3 saturated carbocycles. The summed E-state index contributed by atoms with van der Waals surface area (Å²) < 4.78 is 6.41. The van der Waals surface area contributed by atoms with Crippen molar-refractivity contribution < 1.29 is 4.74 Å². The molecule has 0 spiro atoms. The van der Waals surface area contributed by atoms with Gasteiger partial charge in [-0.15, -0.1) is 0 Å². The molecule has 3 rings (SSSR count). The molecular formula is C20H34O. The van der Waals surface area contributed by atoms with Gasteiger partial charge in [-0.3, -0.25) is 0 Å². The molecule has 1 nitrogen and oxygen atoms in total. The maximum Gasteiger partial charge on any atom is 0.0579 e. The van der Waals surface area contributed by atoms with Gasteiger partial charge >= 0.3 is 0 Å². The number of hydrogen-bond acceptors (Lipinski definition) is 1. The Balaban J connectivity index is 1.37. The molecule has 21 heavy (non-hydrogen) atoms. The van der Waals surface area contributed by atoms with Gasteiger partial charge in [0.1, 0.15) is 0 Å². The molecule has 3 aliphatic carbocycles. The molecule has 0 heterocycles. The first kappa shape index (κ1) is 15.8. The summed E-state index contributed by atoms with van der Waals surface area (Å²) >= 11 is 0. The predicted octanol–water partition coefficient (Wildman–Crippen LogP) is 5.88. The minimum atomic E-state index is 0.568. The molecule has 0 saturated heterocycles. The van der Waals surface area contributed by atoms with Crippen LogP contribution in [-0.4, -0.2) is 12.2 Å². The molecular weight excluding hydrogens is 256 g/mol. The van der Waals surface area contributed by atoms with E-state index in [1.54, 1.807) is 5.92 Å². The van der Waals surface area contributed by atoms with E-state index >= 15 is 0 Å². The van der Waals surface area contributed by atoms with Crippen LogP contribution < -0.4 is 0 Å². The van der Waals surface area contributed by atoms with E-state index in [9.17, 15) is 0 Å². The normalized spacial score (nSPS) is 35.1. The van der Waals surface area contributed by atoms with Crippen LogP contribution in [0.2, 0.25) is 0 Å². The monoisotopic (exact) mass is 290 g/mol. The van der Waals surface area contributed by atoms with Gasteiger partial charge in [0.2, 0.25) is 0 Å². The summed E-state index contributed by atoms with van der Waals surface area (Å²) in [4.78, 5) is 0. The number of ether oxygens (including phenoxy) is 1. The quantitative estimate of drug-likeness (QED) is 0.630. The zero-order chi connectivity index (χ0) is 14.7. The standard InChI is InChI=1S/C20H34O/c1-15-3-7-17(8-4-15)18-9-13-20(14-10-18)21-19-11-5-16(2)6-12-19/h15,18-20H,3-14H2,1-2H3. The molecule has 0 aliphatic heterocycles. The zero-order valence-corrected chi connectivity index (χ0v) is 14.2. The van der Waals surface area contributed by atoms with E-state index in [2.05, 4.69) is 13.8 Å². The smallest absolute Gasteiger partial charge is 0.0579 e. The highest BCUT2D eigenvalue weighted by Crippen LogP contribution is 2.42. The Morgan fingerprint density at radius 2 is 1.29 bits per heavy atom. The van der Waals surface area contributed by atoms with E-state index in [4.69, 9.17) is 4.74 Å². The van der Waals surface area contributed by atoms with Gasteiger partial charge in [0.05, 0.1) is 12.2 Å². The maximum absolute atomic E-state index is 6.41. The van der Waals surface area contributed by atoms with Crippen molar-refractivity contribution in [3.05, 3.63) is 11.8 Å². The van der Waals surface area contributed by atoms with Crippen LogP contribution in [0.15, 0.2) is 0 Å². The van der Waals surface area contributed by atoms with Crippen molar-refractivity contribution in [2.75, 3.05) is 0 Å². The van der Waals surface area contributed by atoms with E-state index in [1.807, 2.05) is 5.92 Å². The van der Waals surface area contributed by atoms with Crippen LogP contribution in [0.25, 0.3) is 0 Å². The van der Waals surface area contributed by atoms with Crippen molar-refractivity contribution >= 4 is 0 Å². The largest absolute Gasteiger partial charge is 0.375 e. The van der Waals surface area contributed by atoms with Crippen molar-refractivity contribution in [1.29, 1.82) is 0 Å². The third-order valence-corrected chi connectivity index (χ3v) is 6.34. The lowest BCUT2D eigenvalue weighted by molar-refractivity contribution is -0.0486. The topological polar surface area (TPSA) is 9.23 Å². The van der Waals surface area contributed by atoms with Gasteiger partial charge in [-0.25, -0.2) is 0 Å². The summed E-state index contributed by atoms with van der Waals surface area (Å²) in [6.07, 6.45) is 17.5. The fourth-order valence-corrected chi connectivity index (χ4v) is 4.64. The number of rotatable bonds is 3. The van der Waals surface area contributed by atoms with Crippen molar-refractivity contribution in [3.8, 4) is 0 Å². The van der Waals surface area contributed by atoms with Gasteiger partial charge in [-0.05, 0) is 87.9 Å². The molecule has 0 atom stereocenters. The zero-order valence-electron chi connectivity index (χ0n) is 14.2. The van der Waals surface area contributed by atoms with Crippen molar-refractivity contribution in [2.45, 2.75) is 103 Å². The van der Waals surface area contributed by atoms with Crippen LogP contribution in [0.3, 0.4) is 0 Å². The average molecular weight is 290 g/mol. The van der Waals surface area contributed by atoms with E-state index in [1.165, 1.54) is 77.0 Å². The van der Waals surface area contributed by atoms with Gasteiger partial charge in [0.15, 0.2) is 0 Å². The minimum absolute atomic E-state index is 0.568. The Morgan fingerprint density at radius 1 is 0.714 bits per heavy atom. The van der Waals surface area contributed by atoms with E-state index in [0.717, 1.165) is 11.8 Å². The fourth-order valence-electron chi connectivity index (χ4n) is 4.64. The molecule has 0 N–H and O–H groups in total. The van der Waals surface area contributed by atoms with E-state index in [-0.39, 0.29) is 0 Å². The Bertz CT molecular complexity index is 289. The Morgan fingerprint density at radius 3 is 1.90 bits per heavy atom. The summed E-state index contributed by atoms with van der Waals surface area (Å²) in [5, 5.41) is 0. The van der Waals surface area contributed by atoms with Crippen LogP contribution in [0.1, 0.15) is 90.9 Å². The molecule has 0 unspecified atom stereocenters. The summed E-state index contributed by atoms with van der Waals surface area (Å²) in [5.41, 5.74) is 0. The van der Waals surface area contributed by atoms with Crippen LogP contribution in [0.5, 0.6) is 0 Å². The van der Waals surface area contributed by atoms with Crippen molar-refractivity contribution in [2.24, 2.45) is 11.8 Å². The molecule has 0 aromatic rings. The van der Waals surface area contributed by atoms with E-state index < -0.39 is 0 Å². The molecule has 1 heteroatoms. The highest BCUT2D eigenvalue weighted by molar-refractivity contribution is 5.01. The molecule has 3 fully saturated rings. The molecule has 120 valence electrons. The lowest BCUT2D eigenvalue weighted by Crippen LogP contribution is -2.31. The van der Waals surface area contributed by atoms with Crippen molar-refractivity contribution in [3.63, 3.8) is 0 Å². The minimum Gasteiger partial charge on any atom is -0.375 e. The first-order valence-corrected chi connectivity index (χ1v) is 9.52.